The highest BCUT2D eigenvalue weighted by Gasteiger charge is 2.11. The zero-order valence-corrected chi connectivity index (χ0v) is 18.6. The first-order valence-corrected chi connectivity index (χ1v) is 10.8. The van der Waals surface area contributed by atoms with Crippen molar-refractivity contribution < 1.29 is 19.0 Å². The summed E-state index contributed by atoms with van der Waals surface area (Å²) in [7, 11) is 1.62. The summed E-state index contributed by atoms with van der Waals surface area (Å²) in [5.41, 5.74) is 2.77. The van der Waals surface area contributed by atoms with Gasteiger partial charge >= 0.3 is 0 Å². The summed E-state index contributed by atoms with van der Waals surface area (Å²) in [6.07, 6.45) is 4.26. The predicted octanol–water partition coefficient (Wildman–Crippen LogP) is 4.61. The number of hydrogen-bond acceptors (Lipinski definition) is 5. The molecule has 3 rings (SSSR count). The summed E-state index contributed by atoms with van der Waals surface area (Å²) in [6, 6.07) is 13.5. The number of hydrogen-bond donors (Lipinski definition) is 1. The number of anilines is 2. The molecular formula is C25H32N2O4. The maximum atomic E-state index is 12.3. The number of carbonyl (C=O) groups excluding carboxylic acids is 1. The summed E-state index contributed by atoms with van der Waals surface area (Å²) < 4.78 is 16.6. The van der Waals surface area contributed by atoms with Crippen LogP contribution in [0.15, 0.2) is 48.5 Å². The number of carbonyl (C=O) groups is 1. The van der Waals surface area contributed by atoms with Crippen molar-refractivity contribution in [2.24, 2.45) is 5.92 Å². The molecule has 1 aliphatic heterocycles. The van der Waals surface area contributed by atoms with Gasteiger partial charge in [0, 0.05) is 30.5 Å². The lowest BCUT2D eigenvalue weighted by Gasteiger charge is -2.28. The van der Waals surface area contributed by atoms with Crippen LogP contribution in [0, 0.1) is 5.92 Å². The molecule has 0 radical (unpaired) electrons. The molecule has 1 saturated heterocycles. The quantitative estimate of drug-likeness (QED) is 0.596. The number of ether oxygens (including phenoxy) is 3. The second kappa shape index (κ2) is 11.4. The molecule has 166 valence electrons. The highest BCUT2D eigenvalue weighted by molar-refractivity contribution is 6.02. The van der Waals surface area contributed by atoms with E-state index in [2.05, 4.69) is 24.1 Å². The average molecular weight is 425 g/mol. The van der Waals surface area contributed by atoms with Crippen LogP contribution in [-0.4, -0.2) is 45.9 Å². The maximum absolute atomic E-state index is 12.3. The molecule has 6 heteroatoms. The van der Waals surface area contributed by atoms with Crippen LogP contribution in [-0.2, 0) is 9.53 Å². The number of nitrogens with one attached hydrogen (secondary N) is 1. The third-order valence-electron chi connectivity index (χ3n) is 5.08. The molecule has 0 spiro atoms. The summed E-state index contributed by atoms with van der Waals surface area (Å²) in [4.78, 5) is 14.6. The molecule has 1 fully saturated rings. The molecule has 2 aromatic rings. The lowest BCUT2D eigenvalue weighted by Crippen LogP contribution is -2.36. The molecule has 0 aromatic heterocycles. The van der Waals surface area contributed by atoms with E-state index in [1.165, 1.54) is 6.08 Å². The number of rotatable bonds is 9. The Morgan fingerprint density at radius 3 is 2.55 bits per heavy atom. The third kappa shape index (κ3) is 7.03. The first kappa shape index (κ1) is 22.7. The van der Waals surface area contributed by atoms with E-state index in [1.54, 1.807) is 13.2 Å². The van der Waals surface area contributed by atoms with Gasteiger partial charge in [0.25, 0.3) is 0 Å². The first-order valence-electron chi connectivity index (χ1n) is 10.8. The van der Waals surface area contributed by atoms with E-state index in [0.717, 1.165) is 49.7 Å². The number of benzene rings is 2. The minimum atomic E-state index is -0.185. The smallest absolute Gasteiger partial charge is 0.248 e. The Kier molecular flexibility index (Phi) is 8.35. The van der Waals surface area contributed by atoms with E-state index in [9.17, 15) is 4.79 Å². The minimum absolute atomic E-state index is 0.185. The number of amides is 1. The molecule has 2 aromatic carbocycles. The van der Waals surface area contributed by atoms with Crippen LogP contribution in [0.4, 0.5) is 11.4 Å². The molecule has 1 aliphatic rings. The SMILES string of the molecule is COc1cc(C=CC(=O)Nc2ccc(N3CCOCC3)cc2)ccc1OCCC(C)C. The van der Waals surface area contributed by atoms with Gasteiger partial charge in [-0.2, -0.15) is 0 Å². The molecule has 31 heavy (non-hydrogen) atoms. The summed E-state index contributed by atoms with van der Waals surface area (Å²) >= 11 is 0. The fourth-order valence-corrected chi connectivity index (χ4v) is 3.24. The van der Waals surface area contributed by atoms with Crippen LogP contribution in [0.3, 0.4) is 0 Å². The summed E-state index contributed by atoms with van der Waals surface area (Å²) in [5.74, 6) is 1.77. The topological polar surface area (TPSA) is 60.0 Å². The molecule has 0 unspecified atom stereocenters. The monoisotopic (exact) mass is 424 g/mol. The van der Waals surface area contributed by atoms with Gasteiger partial charge in [-0.25, -0.2) is 0 Å². The van der Waals surface area contributed by atoms with E-state index >= 15 is 0 Å². The van der Waals surface area contributed by atoms with Crippen molar-refractivity contribution in [2.45, 2.75) is 20.3 Å². The van der Waals surface area contributed by atoms with Crippen LogP contribution in [0.25, 0.3) is 6.08 Å². The van der Waals surface area contributed by atoms with Gasteiger partial charge in [0.2, 0.25) is 5.91 Å². The molecule has 0 bridgehead atoms. The van der Waals surface area contributed by atoms with Gasteiger partial charge in [-0.3, -0.25) is 4.79 Å². The van der Waals surface area contributed by atoms with Crippen molar-refractivity contribution in [2.75, 3.05) is 50.2 Å². The predicted molar refractivity (Wildman–Crippen MR) is 125 cm³/mol. The molecule has 0 aliphatic carbocycles. The molecule has 0 atom stereocenters. The second-order valence-corrected chi connectivity index (χ2v) is 7.91. The number of methoxy groups -OCH3 is 1. The van der Waals surface area contributed by atoms with Gasteiger partial charge < -0.3 is 24.4 Å². The fraction of sp³-hybridized carbons (Fsp3) is 0.400. The Morgan fingerprint density at radius 1 is 1.13 bits per heavy atom. The van der Waals surface area contributed by atoms with E-state index < -0.39 is 0 Å². The maximum Gasteiger partial charge on any atom is 0.248 e. The van der Waals surface area contributed by atoms with Gasteiger partial charge in [0.1, 0.15) is 0 Å². The van der Waals surface area contributed by atoms with Crippen molar-refractivity contribution in [3.63, 3.8) is 0 Å². The Balaban J connectivity index is 1.55. The van der Waals surface area contributed by atoms with Crippen LogP contribution < -0.4 is 19.7 Å². The van der Waals surface area contributed by atoms with Crippen LogP contribution in [0.5, 0.6) is 11.5 Å². The highest BCUT2D eigenvalue weighted by atomic mass is 16.5. The second-order valence-electron chi connectivity index (χ2n) is 7.91. The third-order valence-corrected chi connectivity index (χ3v) is 5.08. The lowest BCUT2D eigenvalue weighted by atomic mass is 10.1. The molecule has 6 nitrogen and oxygen atoms in total. The number of nitrogens with zero attached hydrogens (tertiary/aromatic N) is 1. The van der Waals surface area contributed by atoms with Crippen molar-refractivity contribution in [3.8, 4) is 11.5 Å². The van der Waals surface area contributed by atoms with E-state index in [0.29, 0.717) is 24.0 Å². The summed E-state index contributed by atoms with van der Waals surface area (Å²) in [5, 5.41) is 2.90. The van der Waals surface area contributed by atoms with Gasteiger partial charge in [-0.05, 0) is 60.4 Å². The van der Waals surface area contributed by atoms with Crippen LogP contribution >= 0.6 is 0 Å². The van der Waals surface area contributed by atoms with Crippen molar-refractivity contribution in [3.05, 3.63) is 54.1 Å². The largest absolute Gasteiger partial charge is 0.493 e. The first-order chi connectivity index (χ1) is 15.0. The molecule has 1 N–H and O–H groups in total. The minimum Gasteiger partial charge on any atom is -0.493 e. The van der Waals surface area contributed by atoms with Crippen LogP contribution in [0.2, 0.25) is 0 Å². The fourth-order valence-electron chi connectivity index (χ4n) is 3.24. The van der Waals surface area contributed by atoms with Gasteiger partial charge in [0.05, 0.1) is 26.9 Å². The lowest BCUT2D eigenvalue weighted by molar-refractivity contribution is -0.111. The van der Waals surface area contributed by atoms with Gasteiger partial charge in [-0.1, -0.05) is 19.9 Å². The molecular weight excluding hydrogens is 392 g/mol. The van der Waals surface area contributed by atoms with E-state index in [1.807, 2.05) is 42.5 Å². The molecule has 0 saturated carbocycles. The number of morpholine rings is 1. The zero-order chi connectivity index (χ0) is 22.1. The standard InChI is InChI=1S/C25H32N2O4/c1-19(2)12-15-31-23-10-4-20(18-24(23)29-3)5-11-25(28)26-21-6-8-22(9-7-21)27-13-16-30-17-14-27/h4-11,18-19H,12-17H2,1-3H3,(H,26,28). The van der Waals surface area contributed by atoms with Crippen LogP contribution in [0.1, 0.15) is 25.8 Å². The average Bonchev–Trinajstić information content (AvgIpc) is 2.79. The van der Waals surface area contributed by atoms with Gasteiger partial charge in [-0.15, -0.1) is 0 Å². The van der Waals surface area contributed by atoms with Gasteiger partial charge in [0.15, 0.2) is 11.5 Å². The highest BCUT2D eigenvalue weighted by Crippen LogP contribution is 2.29. The Bertz CT molecular complexity index is 872. The Hall–Kier alpha value is -2.99. The van der Waals surface area contributed by atoms with E-state index in [4.69, 9.17) is 14.2 Å². The normalized spacial score (nSPS) is 14.1. The molecule has 1 heterocycles. The van der Waals surface area contributed by atoms with Crippen molar-refractivity contribution >= 4 is 23.4 Å². The van der Waals surface area contributed by atoms with E-state index in [-0.39, 0.29) is 5.91 Å². The van der Waals surface area contributed by atoms with Crippen molar-refractivity contribution in [1.82, 2.24) is 0 Å². The van der Waals surface area contributed by atoms with Crippen molar-refractivity contribution in [1.29, 1.82) is 0 Å². The molecule has 1 amide bonds. The Morgan fingerprint density at radius 2 is 1.87 bits per heavy atom. The summed E-state index contributed by atoms with van der Waals surface area (Å²) in [6.45, 7) is 8.25. The zero-order valence-electron chi connectivity index (χ0n) is 18.6. The Labute approximate surface area is 184 Å².